The van der Waals surface area contributed by atoms with E-state index >= 15 is 0 Å². The van der Waals surface area contributed by atoms with Gasteiger partial charge in [-0.15, -0.1) is 0 Å². The summed E-state index contributed by atoms with van der Waals surface area (Å²) in [4.78, 5) is 11.6. The first-order valence-corrected chi connectivity index (χ1v) is 6.51. The highest BCUT2D eigenvalue weighted by atomic mass is 35.5. The number of aryl methyl sites for hydroxylation is 1. The molecule has 2 rings (SSSR count). The molecule has 5 heteroatoms. The number of hydrogen-bond donors (Lipinski definition) is 2. The first kappa shape index (κ1) is 14.2. The van der Waals surface area contributed by atoms with Gasteiger partial charge in [-0.3, -0.25) is 0 Å². The maximum absolute atomic E-state index is 11.6. The molecule has 2 aromatic rings. The molecular weight excluding hydrogens is 276 g/mol. The lowest BCUT2D eigenvalue weighted by atomic mass is 10.2. The standard InChI is InChI=1S/C15H15ClN2O2/c1-11-5-7-14(8-6-11)20-10-17-15(19)18-13-4-2-3-12(16)9-13/h2-9H,10H2,1H3,(H2,17,18,19). The smallest absolute Gasteiger partial charge is 0.321 e. The summed E-state index contributed by atoms with van der Waals surface area (Å²) in [7, 11) is 0. The molecule has 0 spiro atoms. The Labute approximate surface area is 122 Å². The quantitative estimate of drug-likeness (QED) is 0.841. The van der Waals surface area contributed by atoms with Gasteiger partial charge in [0.05, 0.1) is 0 Å². The van der Waals surface area contributed by atoms with Gasteiger partial charge < -0.3 is 15.4 Å². The predicted octanol–water partition coefficient (Wildman–Crippen LogP) is 3.81. The van der Waals surface area contributed by atoms with Gasteiger partial charge in [-0.2, -0.15) is 0 Å². The minimum atomic E-state index is -0.348. The predicted molar refractivity (Wildman–Crippen MR) is 80.3 cm³/mol. The van der Waals surface area contributed by atoms with E-state index in [-0.39, 0.29) is 12.8 Å². The third kappa shape index (κ3) is 4.48. The van der Waals surface area contributed by atoms with Crippen molar-refractivity contribution in [1.82, 2.24) is 5.32 Å². The van der Waals surface area contributed by atoms with E-state index in [1.807, 2.05) is 31.2 Å². The van der Waals surface area contributed by atoms with E-state index < -0.39 is 0 Å². The first-order valence-electron chi connectivity index (χ1n) is 6.13. The molecule has 0 fully saturated rings. The van der Waals surface area contributed by atoms with E-state index in [1.165, 1.54) is 0 Å². The number of urea groups is 1. The number of hydrogen-bond acceptors (Lipinski definition) is 2. The van der Waals surface area contributed by atoms with Gasteiger partial charge in [0.1, 0.15) is 5.75 Å². The van der Waals surface area contributed by atoms with Gasteiger partial charge in [-0.1, -0.05) is 35.4 Å². The highest BCUT2D eigenvalue weighted by Crippen LogP contribution is 2.14. The number of rotatable bonds is 4. The fourth-order valence-electron chi connectivity index (χ4n) is 1.56. The molecule has 2 amide bonds. The monoisotopic (exact) mass is 290 g/mol. The van der Waals surface area contributed by atoms with Crippen molar-refractivity contribution in [2.45, 2.75) is 6.92 Å². The summed E-state index contributed by atoms with van der Waals surface area (Å²) in [6.45, 7) is 2.09. The Kier molecular flexibility index (Phi) is 4.85. The van der Waals surface area contributed by atoms with Gasteiger partial charge in [0.15, 0.2) is 6.73 Å². The van der Waals surface area contributed by atoms with Gasteiger partial charge in [0.25, 0.3) is 0 Å². The molecule has 2 N–H and O–H groups in total. The van der Waals surface area contributed by atoms with Crippen LogP contribution in [-0.4, -0.2) is 12.8 Å². The number of carbonyl (C=O) groups is 1. The molecule has 0 aliphatic rings. The van der Waals surface area contributed by atoms with Crippen molar-refractivity contribution in [2.24, 2.45) is 0 Å². The van der Waals surface area contributed by atoms with Crippen molar-refractivity contribution in [3.8, 4) is 5.75 Å². The summed E-state index contributed by atoms with van der Waals surface area (Å²) in [5.41, 5.74) is 1.79. The normalized spacial score (nSPS) is 9.90. The maximum atomic E-state index is 11.6. The average Bonchev–Trinajstić information content (AvgIpc) is 2.41. The van der Waals surface area contributed by atoms with Crippen LogP contribution in [0.15, 0.2) is 48.5 Å². The molecule has 0 heterocycles. The van der Waals surface area contributed by atoms with Gasteiger partial charge in [-0.05, 0) is 37.3 Å². The molecule has 0 saturated heterocycles. The van der Waals surface area contributed by atoms with E-state index in [4.69, 9.17) is 16.3 Å². The zero-order chi connectivity index (χ0) is 14.4. The zero-order valence-corrected chi connectivity index (χ0v) is 11.8. The second-order valence-electron chi connectivity index (χ2n) is 4.24. The molecule has 4 nitrogen and oxygen atoms in total. The minimum absolute atomic E-state index is 0.0927. The Balaban J connectivity index is 1.76. The van der Waals surface area contributed by atoms with Crippen LogP contribution < -0.4 is 15.4 Å². The molecule has 0 aliphatic carbocycles. The van der Waals surface area contributed by atoms with Gasteiger partial charge in [0.2, 0.25) is 0 Å². The lowest BCUT2D eigenvalue weighted by molar-refractivity contribution is 0.234. The molecule has 0 unspecified atom stereocenters. The number of benzene rings is 2. The van der Waals surface area contributed by atoms with Crippen LogP contribution in [0.4, 0.5) is 10.5 Å². The number of anilines is 1. The second-order valence-corrected chi connectivity index (χ2v) is 4.68. The topological polar surface area (TPSA) is 50.4 Å². The fourth-order valence-corrected chi connectivity index (χ4v) is 1.75. The fraction of sp³-hybridized carbons (Fsp3) is 0.133. The molecule has 0 bridgehead atoms. The molecular formula is C15H15ClN2O2. The SMILES string of the molecule is Cc1ccc(OCNC(=O)Nc2cccc(Cl)c2)cc1. The Morgan fingerprint density at radius 2 is 1.95 bits per heavy atom. The molecule has 0 aliphatic heterocycles. The number of nitrogens with one attached hydrogen (secondary N) is 2. The van der Waals surface area contributed by atoms with E-state index in [1.54, 1.807) is 24.3 Å². The minimum Gasteiger partial charge on any atom is -0.473 e. The van der Waals surface area contributed by atoms with Gasteiger partial charge in [0, 0.05) is 10.7 Å². The summed E-state index contributed by atoms with van der Waals surface area (Å²) in [5, 5.41) is 5.83. The Morgan fingerprint density at radius 3 is 2.65 bits per heavy atom. The molecule has 0 radical (unpaired) electrons. The van der Waals surface area contributed by atoms with Crippen LogP contribution in [0, 0.1) is 6.92 Å². The average molecular weight is 291 g/mol. The lowest BCUT2D eigenvalue weighted by Gasteiger charge is -2.09. The largest absolute Gasteiger partial charge is 0.473 e. The Morgan fingerprint density at radius 1 is 1.20 bits per heavy atom. The molecule has 20 heavy (non-hydrogen) atoms. The second kappa shape index (κ2) is 6.82. The van der Waals surface area contributed by atoms with E-state index in [0.29, 0.717) is 16.5 Å². The third-order valence-corrected chi connectivity index (χ3v) is 2.81. The van der Waals surface area contributed by atoms with E-state index in [9.17, 15) is 4.79 Å². The van der Waals surface area contributed by atoms with E-state index in [2.05, 4.69) is 10.6 Å². The van der Waals surface area contributed by atoms with Crippen LogP contribution in [0.25, 0.3) is 0 Å². The van der Waals surface area contributed by atoms with Crippen LogP contribution in [0.1, 0.15) is 5.56 Å². The van der Waals surface area contributed by atoms with Crippen molar-refractivity contribution in [2.75, 3.05) is 12.0 Å². The van der Waals surface area contributed by atoms with Crippen LogP contribution in [0.5, 0.6) is 5.75 Å². The Bertz CT molecular complexity index is 585. The molecule has 0 aromatic heterocycles. The van der Waals surface area contributed by atoms with Crippen LogP contribution in [0.3, 0.4) is 0 Å². The summed E-state index contributed by atoms with van der Waals surface area (Å²) >= 11 is 5.83. The van der Waals surface area contributed by atoms with Gasteiger partial charge in [-0.25, -0.2) is 4.79 Å². The van der Waals surface area contributed by atoms with Crippen molar-refractivity contribution >= 4 is 23.3 Å². The van der Waals surface area contributed by atoms with Crippen molar-refractivity contribution < 1.29 is 9.53 Å². The van der Waals surface area contributed by atoms with Crippen LogP contribution in [0.2, 0.25) is 5.02 Å². The third-order valence-electron chi connectivity index (χ3n) is 2.58. The summed E-state index contributed by atoms with van der Waals surface area (Å²) < 4.78 is 5.40. The molecule has 2 aromatic carbocycles. The number of amides is 2. The molecule has 0 saturated carbocycles. The number of ether oxygens (including phenoxy) is 1. The van der Waals surface area contributed by atoms with Gasteiger partial charge >= 0.3 is 6.03 Å². The van der Waals surface area contributed by atoms with E-state index in [0.717, 1.165) is 5.56 Å². The van der Waals surface area contributed by atoms with Crippen LogP contribution >= 0.6 is 11.6 Å². The summed E-state index contributed by atoms with van der Waals surface area (Å²) in [6.07, 6.45) is 0. The van der Waals surface area contributed by atoms with Crippen molar-refractivity contribution in [3.63, 3.8) is 0 Å². The highest BCUT2D eigenvalue weighted by molar-refractivity contribution is 6.30. The summed E-state index contributed by atoms with van der Waals surface area (Å²) in [6, 6.07) is 14.2. The number of halogens is 1. The van der Waals surface area contributed by atoms with Crippen LogP contribution in [-0.2, 0) is 0 Å². The maximum Gasteiger partial charge on any atom is 0.321 e. The first-order chi connectivity index (χ1) is 9.63. The molecule has 104 valence electrons. The highest BCUT2D eigenvalue weighted by Gasteiger charge is 2.01. The summed E-state index contributed by atoms with van der Waals surface area (Å²) in [5.74, 6) is 0.707. The molecule has 0 atom stereocenters. The zero-order valence-electron chi connectivity index (χ0n) is 11.0. The van der Waals surface area contributed by atoms with Crippen molar-refractivity contribution in [3.05, 3.63) is 59.1 Å². The Hall–Kier alpha value is -2.20. The van der Waals surface area contributed by atoms with Crippen molar-refractivity contribution in [1.29, 1.82) is 0 Å². The lowest BCUT2D eigenvalue weighted by Crippen LogP contribution is -2.31. The number of carbonyl (C=O) groups excluding carboxylic acids is 1.